The van der Waals surface area contributed by atoms with E-state index in [1.54, 1.807) is 17.4 Å². The summed E-state index contributed by atoms with van der Waals surface area (Å²) in [7, 11) is 0. The van der Waals surface area contributed by atoms with Gasteiger partial charge in [-0.05, 0) is 18.1 Å². The van der Waals surface area contributed by atoms with Crippen LogP contribution in [0.5, 0.6) is 5.75 Å². The molecule has 0 aliphatic rings. The van der Waals surface area contributed by atoms with Crippen molar-refractivity contribution < 1.29 is 5.11 Å². The van der Waals surface area contributed by atoms with E-state index in [0.29, 0.717) is 11.7 Å². The molecule has 1 aromatic heterocycles. The third-order valence-corrected chi connectivity index (χ3v) is 2.89. The maximum absolute atomic E-state index is 9.66. The highest BCUT2D eigenvalue weighted by molar-refractivity contribution is 7.16. The van der Waals surface area contributed by atoms with E-state index in [4.69, 9.17) is 0 Å². The van der Waals surface area contributed by atoms with E-state index >= 15 is 0 Å². The molecule has 1 heterocycles. The number of phenolic OH excluding ortho intramolecular Hbond substituents is 1. The van der Waals surface area contributed by atoms with Gasteiger partial charge in [0.05, 0.1) is 15.7 Å². The van der Waals surface area contributed by atoms with Crippen LogP contribution in [-0.4, -0.2) is 10.1 Å². The molecule has 0 spiro atoms. The van der Waals surface area contributed by atoms with Crippen molar-refractivity contribution in [2.75, 3.05) is 0 Å². The number of fused-ring (bicyclic) bond motifs is 1. The molecule has 0 unspecified atom stereocenters. The Hall–Kier alpha value is -1.09. The molecule has 0 aliphatic heterocycles. The third kappa shape index (κ3) is 1.29. The van der Waals surface area contributed by atoms with Crippen molar-refractivity contribution in [3.8, 4) is 5.75 Å². The van der Waals surface area contributed by atoms with Crippen molar-refractivity contribution in [3.05, 3.63) is 23.2 Å². The monoisotopic (exact) mass is 193 g/mol. The summed E-state index contributed by atoms with van der Waals surface area (Å²) in [5, 5.41) is 9.66. The van der Waals surface area contributed by atoms with Gasteiger partial charge in [0.1, 0.15) is 5.75 Å². The number of rotatable bonds is 1. The molecule has 0 fully saturated rings. The average Bonchev–Trinajstić information content (AvgIpc) is 2.50. The molecule has 2 aromatic rings. The predicted octanol–water partition coefficient (Wildman–Crippen LogP) is 3.13. The van der Waals surface area contributed by atoms with Crippen molar-refractivity contribution in [1.29, 1.82) is 0 Å². The minimum atomic E-state index is 0.311. The Labute approximate surface area is 80.9 Å². The molecule has 1 N–H and O–H groups in total. The summed E-state index contributed by atoms with van der Waals surface area (Å²) in [5.74, 6) is 0.666. The van der Waals surface area contributed by atoms with Crippen LogP contribution in [-0.2, 0) is 0 Å². The highest BCUT2D eigenvalue weighted by Crippen LogP contribution is 2.33. The molecule has 0 bridgehead atoms. The zero-order chi connectivity index (χ0) is 9.42. The first-order chi connectivity index (χ1) is 6.20. The van der Waals surface area contributed by atoms with Gasteiger partial charge in [0.15, 0.2) is 0 Å². The fourth-order valence-corrected chi connectivity index (χ4v) is 2.20. The molecule has 2 nitrogen and oxygen atoms in total. The number of phenols is 1. The molecule has 68 valence electrons. The minimum absolute atomic E-state index is 0.311. The lowest BCUT2D eigenvalue weighted by Crippen LogP contribution is -1.89. The lowest BCUT2D eigenvalue weighted by Gasteiger charge is -2.08. The summed E-state index contributed by atoms with van der Waals surface area (Å²) in [4.78, 5) is 4.26. The van der Waals surface area contributed by atoms with Crippen molar-refractivity contribution >= 4 is 21.6 Å². The van der Waals surface area contributed by atoms with Gasteiger partial charge in [-0.2, -0.15) is 0 Å². The van der Waals surface area contributed by atoms with Crippen molar-refractivity contribution in [2.24, 2.45) is 0 Å². The van der Waals surface area contributed by atoms with Crippen LogP contribution in [0.4, 0.5) is 0 Å². The summed E-state index contributed by atoms with van der Waals surface area (Å²) in [5.41, 5.74) is 3.72. The van der Waals surface area contributed by atoms with E-state index in [2.05, 4.69) is 18.8 Å². The zero-order valence-electron chi connectivity index (χ0n) is 7.61. The molecule has 0 aliphatic carbocycles. The highest BCUT2D eigenvalue weighted by Gasteiger charge is 2.11. The van der Waals surface area contributed by atoms with Crippen LogP contribution < -0.4 is 0 Å². The number of thiazole rings is 1. The molecule has 0 atom stereocenters. The number of benzene rings is 1. The first-order valence-electron chi connectivity index (χ1n) is 4.25. The second kappa shape index (κ2) is 3.00. The van der Waals surface area contributed by atoms with Gasteiger partial charge < -0.3 is 5.11 Å². The van der Waals surface area contributed by atoms with Crippen molar-refractivity contribution in [3.63, 3.8) is 0 Å². The van der Waals surface area contributed by atoms with Gasteiger partial charge in [0.25, 0.3) is 0 Å². The predicted molar refractivity (Wildman–Crippen MR) is 55.4 cm³/mol. The first-order valence-corrected chi connectivity index (χ1v) is 5.13. The van der Waals surface area contributed by atoms with E-state index in [1.807, 2.05) is 11.6 Å². The second-order valence-corrected chi connectivity index (χ2v) is 4.24. The Morgan fingerprint density at radius 1 is 1.38 bits per heavy atom. The van der Waals surface area contributed by atoms with Crippen molar-refractivity contribution in [1.82, 2.24) is 4.98 Å². The normalized spacial score (nSPS) is 11.3. The van der Waals surface area contributed by atoms with Gasteiger partial charge in [-0.25, -0.2) is 4.98 Å². The maximum Gasteiger partial charge on any atom is 0.121 e. The molecule has 1 aromatic carbocycles. The Morgan fingerprint density at radius 2 is 2.15 bits per heavy atom. The molecule has 0 saturated heterocycles. The quantitative estimate of drug-likeness (QED) is 0.754. The lowest BCUT2D eigenvalue weighted by atomic mass is 10.0. The summed E-state index contributed by atoms with van der Waals surface area (Å²) in [6, 6.07) is 3.66. The van der Waals surface area contributed by atoms with Gasteiger partial charge in [0, 0.05) is 5.56 Å². The maximum atomic E-state index is 9.66. The number of nitrogens with zero attached hydrogens (tertiary/aromatic N) is 1. The van der Waals surface area contributed by atoms with Crippen LogP contribution in [0.2, 0.25) is 0 Å². The third-order valence-electron chi connectivity index (χ3n) is 2.10. The SMILES string of the molecule is CC(C)c1c(O)ccc2scnc12. The number of hydrogen-bond acceptors (Lipinski definition) is 3. The molecule has 13 heavy (non-hydrogen) atoms. The van der Waals surface area contributed by atoms with Crippen LogP contribution in [0.3, 0.4) is 0 Å². The lowest BCUT2D eigenvalue weighted by molar-refractivity contribution is 0.466. The molecule has 0 radical (unpaired) electrons. The van der Waals surface area contributed by atoms with Gasteiger partial charge in [-0.1, -0.05) is 13.8 Å². The summed E-state index contributed by atoms with van der Waals surface area (Å²) < 4.78 is 1.14. The number of aromatic nitrogens is 1. The molecule has 2 rings (SSSR count). The largest absolute Gasteiger partial charge is 0.508 e. The average molecular weight is 193 g/mol. The Kier molecular flexibility index (Phi) is 1.96. The standard InChI is InChI=1S/C10H11NOS/c1-6(2)9-7(12)3-4-8-10(9)11-5-13-8/h3-6,12H,1-2H3. The van der Waals surface area contributed by atoms with E-state index in [1.165, 1.54) is 0 Å². The van der Waals surface area contributed by atoms with E-state index < -0.39 is 0 Å². The number of aromatic hydroxyl groups is 1. The topological polar surface area (TPSA) is 33.1 Å². The second-order valence-electron chi connectivity index (χ2n) is 3.35. The van der Waals surface area contributed by atoms with Crippen LogP contribution in [0, 0.1) is 0 Å². The smallest absolute Gasteiger partial charge is 0.121 e. The van der Waals surface area contributed by atoms with E-state index in [-0.39, 0.29) is 0 Å². The first kappa shape index (κ1) is 8.51. The summed E-state index contributed by atoms with van der Waals surface area (Å²) in [6.45, 7) is 4.13. The van der Waals surface area contributed by atoms with E-state index in [9.17, 15) is 5.11 Å². The Bertz CT molecular complexity index is 433. The zero-order valence-corrected chi connectivity index (χ0v) is 8.43. The Morgan fingerprint density at radius 3 is 2.85 bits per heavy atom. The van der Waals surface area contributed by atoms with Crippen LogP contribution >= 0.6 is 11.3 Å². The summed E-state index contributed by atoms with van der Waals surface area (Å²) in [6.07, 6.45) is 0. The van der Waals surface area contributed by atoms with Gasteiger partial charge >= 0.3 is 0 Å². The van der Waals surface area contributed by atoms with E-state index in [0.717, 1.165) is 15.8 Å². The van der Waals surface area contributed by atoms with Crippen LogP contribution in [0.15, 0.2) is 17.6 Å². The molecule has 0 amide bonds. The highest BCUT2D eigenvalue weighted by atomic mass is 32.1. The fraction of sp³-hybridized carbons (Fsp3) is 0.300. The molecular weight excluding hydrogens is 182 g/mol. The molecule has 3 heteroatoms. The minimum Gasteiger partial charge on any atom is -0.508 e. The van der Waals surface area contributed by atoms with Gasteiger partial charge in [-0.3, -0.25) is 0 Å². The van der Waals surface area contributed by atoms with Crippen molar-refractivity contribution in [2.45, 2.75) is 19.8 Å². The van der Waals surface area contributed by atoms with Crippen LogP contribution in [0.25, 0.3) is 10.2 Å². The van der Waals surface area contributed by atoms with Crippen LogP contribution in [0.1, 0.15) is 25.3 Å². The molecule has 0 saturated carbocycles. The molecular formula is C10H11NOS. The fourth-order valence-electron chi connectivity index (χ4n) is 1.51. The summed E-state index contributed by atoms with van der Waals surface area (Å²) >= 11 is 1.61. The van der Waals surface area contributed by atoms with Gasteiger partial charge in [0.2, 0.25) is 0 Å². The number of hydrogen-bond donors (Lipinski definition) is 1. The Balaban J connectivity index is 2.80. The van der Waals surface area contributed by atoms with Gasteiger partial charge in [-0.15, -0.1) is 11.3 Å².